The van der Waals surface area contributed by atoms with E-state index in [2.05, 4.69) is 82.2 Å². The Kier molecular flexibility index (Phi) is 4.98. The van der Waals surface area contributed by atoms with E-state index < -0.39 is 8.07 Å². The molecule has 5 rings (SSSR count). The summed E-state index contributed by atoms with van der Waals surface area (Å²) >= 11 is 1.86. The Morgan fingerprint density at radius 3 is 2.53 bits per heavy atom. The Labute approximate surface area is 194 Å². The van der Waals surface area contributed by atoms with E-state index in [0.717, 1.165) is 11.6 Å². The van der Waals surface area contributed by atoms with Crippen molar-refractivity contribution in [2.45, 2.75) is 52.4 Å². The van der Waals surface area contributed by atoms with Gasteiger partial charge < -0.3 is 0 Å². The van der Waals surface area contributed by atoms with Crippen LogP contribution in [0.5, 0.6) is 0 Å². The minimum atomic E-state index is -1.27. The highest BCUT2D eigenvalue weighted by molar-refractivity contribution is 7.24. The minimum absolute atomic E-state index is 0.447. The molecule has 3 aromatic heterocycles. The Morgan fingerprint density at radius 1 is 1.12 bits per heavy atom. The van der Waals surface area contributed by atoms with Crippen molar-refractivity contribution in [3.63, 3.8) is 0 Å². The van der Waals surface area contributed by atoms with Gasteiger partial charge in [-0.15, -0.1) is 0 Å². The summed E-state index contributed by atoms with van der Waals surface area (Å²) in [5.74, 6) is 0.447. The Balaban J connectivity index is 1.84. The lowest BCUT2D eigenvalue weighted by molar-refractivity contribution is -0.477. The van der Waals surface area contributed by atoms with Gasteiger partial charge in [0.05, 0.1) is 20.0 Å². The highest BCUT2D eigenvalue weighted by Gasteiger charge is 2.28. The van der Waals surface area contributed by atoms with Crippen LogP contribution in [0.15, 0.2) is 42.9 Å². The zero-order chi connectivity index (χ0) is 22.8. The summed E-state index contributed by atoms with van der Waals surface area (Å²) in [6, 6.07) is 12.3. The highest BCUT2D eigenvalue weighted by Crippen LogP contribution is 2.39. The Bertz CT molecular complexity index is 1490. The molecule has 0 fully saturated rings. The molecule has 0 atom stereocenters. The van der Waals surface area contributed by atoms with Gasteiger partial charge in [0, 0.05) is 18.7 Å². The van der Waals surface area contributed by atoms with Crippen LogP contribution in [0.4, 0.5) is 0 Å². The van der Waals surface area contributed by atoms with E-state index in [1.165, 1.54) is 48.4 Å². The summed E-state index contributed by atoms with van der Waals surface area (Å²) in [7, 11) is 0.798. The van der Waals surface area contributed by atoms with Gasteiger partial charge in [-0.2, -0.15) is 9.50 Å². The fourth-order valence-corrected chi connectivity index (χ4v) is 7.41. The summed E-state index contributed by atoms with van der Waals surface area (Å²) in [6.07, 6.45) is 3.98. The number of thiazole rings is 1. The number of imidazole rings is 1. The minimum Gasteiger partial charge on any atom is -0.266 e. The van der Waals surface area contributed by atoms with Crippen LogP contribution in [-0.2, 0) is 13.1 Å². The normalized spacial score (nSPS) is 12.6. The van der Waals surface area contributed by atoms with Crippen LogP contribution in [0.1, 0.15) is 36.6 Å². The van der Waals surface area contributed by atoms with Crippen LogP contribution in [0.2, 0.25) is 19.6 Å². The van der Waals surface area contributed by atoms with Crippen molar-refractivity contribution < 1.29 is 4.40 Å². The number of rotatable bonds is 4. The first-order chi connectivity index (χ1) is 15.2. The molecule has 0 radical (unpaired) electrons. The zero-order valence-corrected chi connectivity index (χ0v) is 21.8. The molecule has 0 aliphatic rings. The van der Waals surface area contributed by atoms with Crippen LogP contribution in [0.3, 0.4) is 0 Å². The number of hydrogen-bond acceptors (Lipinski definition) is 3. The molecule has 6 heteroatoms. The fourth-order valence-electron chi connectivity index (χ4n) is 4.74. The number of hydrogen-bond donors (Lipinski definition) is 0. The topological polar surface area (TPSA) is 34.8 Å². The van der Waals surface area contributed by atoms with Crippen molar-refractivity contribution in [2.75, 3.05) is 0 Å². The molecule has 3 heterocycles. The van der Waals surface area contributed by atoms with E-state index in [1.807, 2.05) is 28.5 Å². The number of aryl methyl sites for hydroxylation is 2. The molecule has 0 aliphatic heterocycles. The van der Waals surface area contributed by atoms with Gasteiger partial charge in [-0.3, -0.25) is 4.68 Å². The summed E-state index contributed by atoms with van der Waals surface area (Å²) in [4.78, 5) is 6.05. The van der Waals surface area contributed by atoms with Gasteiger partial charge in [-0.05, 0) is 45.8 Å². The highest BCUT2D eigenvalue weighted by atomic mass is 32.1. The third-order valence-electron chi connectivity index (χ3n) is 6.30. The lowest BCUT2D eigenvalue weighted by atomic mass is 9.89. The molecule has 0 amide bonds. The third kappa shape index (κ3) is 3.37. The SMILES string of the molecule is Cc1c(-c2c3sc4c(C[Si](C)(C)C)nc[n+]4c3cnn2C)cc(C(C)C)c2ccccc12. The van der Waals surface area contributed by atoms with Crippen molar-refractivity contribution in [3.05, 3.63) is 59.7 Å². The second-order valence-corrected chi connectivity index (χ2v) is 16.8. The van der Waals surface area contributed by atoms with E-state index in [9.17, 15) is 0 Å². The quantitative estimate of drug-likeness (QED) is 0.229. The van der Waals surface area contributed by atoms with E-state index in [4.69, 9.17) is 10.1 Å². The van der Waals surface area contributed by atoms with Crippen LogP contribution in [0, 0.1) is 6.92 Å². The Hall–Kier alpha value is -2.57. The maximum atomic E-state index is 4.78. The van der Waals surface area contributed by atoms with Crippen molar-refractivity contribution in [1.82, 2.24) is 14.8 Å². The summed E-state index contributed by atoms with van der Waals surface area (Å²) in [6.45, 7) is 14.0. The van der Waals surface area contributed by atoms with Gasteiger partial charge in [-0.1, -0.05) is 69.1 Å². The Morgan fingerprint density at radius 2 is 1.84 bits per heavy atom. The largest absolute Gasteiger partial charge is 0.293 e. The molecular formula is C26H31N4SSi+. The molecule has 0 spiro atoms. The second-order valence-electron chi connectivity index (χ2n) is 10.4. The van der Waals surface area contributed by atoms with Crippen molar-refractivity contribution in [1.29, 1.82) is 0 Å². The smallest absolute Gasteiger partial charge is 0.266 e. The number of benzene rings is 2. The number of nitrogens with zero attached hydrogens (tertiary/aromatic N) is 4. The zero-order valence-electron chi connectivity index (χ0n) is 20.0. The maximum absolute atomic E-state index is 4.78. The predicted molar refractivity (Wildman–Crippen MR) is 138 cm³/mol. The van der Waals surface area contributed by atoms with Crippen LogP contribution >= 0.6 is 11.3 Å². The van der Waals surface area contributed by atoms with E-state index in [-0.39, 0.29) is 0 Å². The van der Waals surface area contributed by atoms with Gasteiger partial charge >= 0.3 is 0 Å². The van der Waals surface area contributed by atoms with Crippen LogP contribution < -0.4 is 4.40 Å². The molecule has 0 bridgehead atoms. The number of aromatic nitrogens is 4. The van der Waals surface area contributed by atoms with Crippen molar-refractivity contribution in [3.8, 4) is 11.3 Å². The summed E-state index contributed by atoms with van der Waals surface area (Å²) in [5, 5.41) is 7.45. The molecule has 2 aromatic carbocycles. The average molecular weight is 460 g/mol. The average Bonchev–Trinajstić information content (AvgIpc) is 3.27. The molecule has 5 aromatic rings. The monoisotopic (exact) mass is 459 g/mol. The fraction of sp³-hybridized carbons (Fsp3) is 0.346. The molecular weight excluding hydrogens is 428 g/mol. The lowest BCUT2D eigenvalue weighted by Gasteiger charge is -2.18. The van der Waals surface area contributed by atoms with Gasteiger partial charge in [-0.25, -0.2) is 0 Å². The molecule has 0 saturated carbocycles. The molecule has 164 valence electrons. The summed E-state index contributed by atoms with van der Waals surface area (Å²) < 4.78 is 5.57. The molecule has 0 saturated heterocycles. The van der Waals surface area contributed by atoms with Crippen molar-refractivity contribution in [2.24, 2.45) is 7.05 Å². The first-order valence-electron chi connectivity index (χ1n) is 11.3. The predicted octanol–water partition coefficient (Wildman–Crippen LogP) is 6.44. The third-order valence-corrected chi connectivity index (χ3v) is 8.93. The number of fused-ring (bicyclic) bond motifs is 4. The molecule has 32 heavy (non-hydrogen) atoms. The van der Waals surface area contributed by atoms with Gasteiger partial charge in [0.2, 0.25) is 10.5 Å². The maximum Gasteiger partial charge on any atom is 0.293 e. The first kappa shape index (κ1) is 21.3. The van der Waals surface area contributed by atoms with Crippen molar-refractivity contribution >= 4 is 45.2 Å². The van der Waals surface area contributed by atoms with Gasteiger partial charge in [0.25, 0.3) is 6.33 Å². The van der Waals surface area contributed by atoms with Crippen LogP contribution in [0.25, 0.3) is 37.1 Å². The summed E-state index contributed by atoms with van der Waals surface area (Å²) in [5.41, 5.74) is 7.55. The first-order valence-corrected chi connectivity index (χ1v) is 15.8. The lowest BCUT2D eigenvalue weighted by Crippen LogP contribution is -2.24. The van der Waals surface area contributed by atoms with Crippen LogP contribution in [-0.4, -0.2) is 22.8 Å². The van der Waals surface area contributed by atoms with Gasteiger partial charge in [0.1, 0.15) is 4.70 Å². The second kappa shape index (κ2) is 7.49. The van der Waals surface area contributed by atoms with E-state index in [1.54, 1.807) is 0 Å². The van der Waals surface area contributed by atoms with E-state index in [0.29, 0.717) is 5.92 Å². The standard InChI is InChI=1S/C26H31N4SSi/c1-16(2)20-12-21(17(3)18-10-8-9-11-19(18)20)24-25-23(13-28-29(24)4)30-15-27-22(26(30)31-25)14-32(5,6)7/h8-13,15-16H,14H2,1-7H3/q+1. The molecule has 0 aliphatic carbocycles. The molecule has 0 unspecified atom stereocenters. The molecule has 0 N–H and O–H groups in total. The molecule has 4 nitrogen and oxygen atoms in total. The van der Waals surface area contributed by atoms with E-state index >= 15 is 0 Å². The van der Waals surface area contributed by atoms with Gasteiger partial charge in [0.15, 0.2) is 5.52 Å².